The quantitative estimate of drug-likeness (QED) is 0.817. The van der Waals surface area contributed by atoms with E-state index in [0.29, 0.717) is 31.7 Å². The van der Waals surface area contributed by atoms with E-state index in [4.69, 9.17) is 4.74 Å². The number of morpholine rings is 1. The topological polar surface area (TPSA) is 75.6 Å². The third kappa shape index (κ3) is 3.06. The third-order valence-electron chi connectivity index (χ3n) is 4.92. The van der Waals surface area contributed by atoms with Gasteiger partial charge in [0, 0.05) is 18.4 Å². The number of hydrogen-bond acceptors (Lipinski definition) is 5. The van der Waals surface area contributed by atoms with Gasteiger partial charge in [-0.1, -0.05) is 18.2 Å². The van der Waals surface area contributed by atoms with Crippen LogP contribution in [-0.2, 0) is 9.53 Å². The van der Waals surface area contributed by atoms with Gasteiger partial charge in [0.05, 0.1) is 25.0 Å². The number of para-hydroxylation sites is 1. The van der Waals surface area contributed by atoms with Crippen LogP contribution in [0.3, 0.4) is 0 Å². The van der Waals surface area contributed by atoms with Crippen molar-refractivity contribution in [2.75, 3.05) is 31.1 Å². The number of aryl methyl sites for hydroxylation is 1. The molecule has 2 aliphatic heterocycles. The standard InChI is InChI=1S/C19H20N4O3/c1-14-9-21-16(10-20-14)18(25)22-8-7-19(12-22)13-23(17(24)11-26-19)15-5-3-2-4-6-15/h2-6,9-10H,7-8,11-13H2,1H3. The van der Waals surface area contributed by atoms with Crippen molar-refractivity contribution in [3.63, 3.8) is 0 Å². The third-order valence-corrected chi connectivity index (χ3v) is 4.92. The molecule has 2 saturated heterocycles. The lowest BCUT2D eigenvalue weighted by Crippen LogP contribution is -2.56. The molecule has 1 atom stereocenters. The maximum Gasteiger partial charge on any atom is 0.274 e. The highest BCUT2D eigenvalue weighted by molar-refractivity contribution is 5.95. The van der Waals surface area contributed by atoms with Crippen LogP contribution in [0.2, 0.25) is 0 Å². The van der Waals surface area contributed by atoms with Crippen molar-refractivity contribution < 1.29 is 14.3 Å². The minimum atomic E-state index is -0.530. The van der Waals surface area contributed by atoms with Crippen LogP contribution in [-0.4, -0.2) is 58.5 Å². The molecule has 0 N–H and O–H groups in total. The van der Waals surface area contributed by atoms with Gasteiger partial charge in [0.25, 0.3) is 11.8 Å². The fourth-order valence-corrected chi connectivity index (χ4v) is 3.49. The van der Waals surface area contributed by atoms with Crippen LogP contribution in [0.4, 0.5) is 5.69 Å². The van der Waals surface area contributed by atoms with E-state index < -0.39 is 5.60 Å². The van der Waals surface area contributed by atoms with Gasteiger partial charge in [0.1, 0.15) is 17.9 Å². The second-order valence-electron chi connectivity index (χ2n) is 6.81. The summed E-state index contributed by atoms with van der Waals surface area (Å²) in [6, 6.07) is 9.56. The van der Waals surface area contributed by atoms with Crippen LogP contribution in [0.1, 0.15) is 22.6 Å². The van der Waals surface area contributed by atoms with Gasteiger partial charge in [-0.05, 0) is 25.5 Å². The average molecular weight is 352 g/mol. The highest BCUT2D eigenvalue weighted by atomic mass is 16.5. The smallest absolute Gasteiger partial charge is 0.274 e. The Kier molecular flexibility index (Phi) is 4.16. The highest BCUT2D eigenvalue weighted by Crippen LogP contribution is 2.32. The van der Waals surface area contributed by atoms with E-state index in [1.807, 2.05) is 37.3 Å². The molecule has 2 aromatic rings. The van der Waals surface area contributed by atoms with E-state index in [9.17, 15) is 9.59 Å². The van der Waals surface area contributed by atoms with E-state index in [1.54, 1.807) is 16.0 Å². The Labute approximate surface area is 151 Å². The summed E-state index contributed by atoms with van der Waals surface area (Å²) < 4.78 is 5.90. The number of rotatable bonds is 2. The van der Waals surface area contributed by atoms with Crippen molar-refractivity contribution >= 4 is 17.5 Å². The Balaban J connectivity index is 1.50. The normalized spacial score (nSPS) is 22.9. The zero-order valence-corrected chi connectivity index (χ0v) is 14.6. The molecule has 4 rings (SSSR count). The van der Waals surface area contributed by atoms with Crippen molar-refractivity contribution in [3.05, 3.63) is 54.1 Å². The van der Waals surface area contributed by atoms with E-state index in [2.05, 4.69) is 9.97 Å². The SMILES string of the molecule is Cc1cnc(C(=O)N2CCC3(C2)CN(c2ccccc2)C(=O)CO3)cn1. The molecular weight excluding hydrogens is 332 g/mol. The molecule has 0 radical (unpaired) electrons. The molecule has 3 heterocycles. The minimum absolute atomic E-state index is 0.0290. The maximum absolute atomic E-state index is 12.7. The summed E-state index contributed by atoms with van der Waals surface area (Å²) in [6.07, 6.45) is 3.78. The summed E-state index contributed by atoms with van der Waals surface area (Å²) >= 11 is 0. The number of carbonyl (C=O) groups is 2. The van der Waals surface area contributed by atoms with E-state index in [0.717, 1.165) is 11.4 Å². The molecule has 2 amide bonds. The van der Waals surface area contributed by atoms with Crippen molar-refractivity contribution in [2.24, 2.45) is 0 Å². The van der Waals surface area contributed by atoms with Crippen LogP contribution in [0, 0.1) is 6.92 Å². The lowest BCUT2D eigenvalue weighted by atomic mass is 10.00. The molecular formula is C19H20N4O3. The molecule has 7 nitrogen and oxygen atoms in total. The zero-order valence-electron chi connectivity index (χ0n) is 14.6. The highest BCUT2D eigenvalue weighted by Gasteiger charge is 2.46. The Morgan fingerprint density at radius 3 is 2.69 bits per heavy atom. The first-order valence-electron chi connectivity index (χ1n) is 8.64. The number of amides is 2. The van der Waals surface area contributed by atoms with Crippen molar-refractivity contribution in [1.29, 1.82) is 0 Å². The Bertz CT molecular complexity index is 824. The molecule has 1 spiro atoms. The van der Waals surface area contributed by atoms with Crippen molar-refractivity contribution in [2.45, 2.75) is 18.9 Å². The summed E-state index contributed by atoms with van der Waals surface area (Å²) in [6.45, 7) is 3.32. The molecule has 2 fully saturated rings. The van der Waals surface area contributed by atoms with Crippen LogP contribution >= 0.6 is 0 Å². The molecule has 0 saturated carbocycles. The van der Waals surface area contributed by atoms with E-state index in [1.165, 1.54) is 6.20 Å². The summed E-state index contributed by atoms with van der Waals surface area (Å²) in [5, 5.41) is 0. The molecule has 1 aromatic heterocycles. The molecule has 7 heteroatoms. The van der Waals surface area contributed by atoms with Gasteiger partial charge in [-0.15, -0.1) is 0 Å². The number of likely N-dealkylation sites (tertiary alicyclic amines) is 1. The van der Waals surface area contributed by atoms with Crippen LogP contribution in [0.5, 0.6) is 0 Å². The Morgan fingerprint density at radius 1 is 1.15 bits per heavy atom. The second-order valence-corrected chi connectivity index (χ2v) is 6.81. The van der Waals surface area contributed by atoms with Crippen molar-refractivity contribution in [3.8, 4) is 0 Å². The number of anilines is 1. The van der Waals surface area contributed by atoms with E-state index >= 15 is 0 Å². The van der Waals surface area contributed by atoms with Gasteiger partial charge in [-0.25, -0.2) is 4.98 Å². The largest absolute Gasteiger partial charge is 0.361 e. The molecule has 1 aromatic carbocycles. The van der Waals surface area contributed by atoms with Gasteiger partial charge >= 0.3 is 0 Å². The average Bonchev–Trinajstić information content (AvgIpc) is 3.08. The molecule has 134 valence electrons. The first kappa shape index (κ1) is 16.7. The molecule has 1 unspecified atom stereocenters. The fraction of sp³-hybridized carbons (Fsp3) is 0.368. The molecule has 2 aliphatic rings. The Morgan fingerprint density at radius 2 is 1.96 bits per heavy atom. The zero-order chi connectivity index (χ0) is 18.1. The summed E-state index contributed by atoms with van der Waals surface area (Å²) in [4.78, 5) is 36.8. The first-order valence-corrected chi connectivity index (χ1v) is 8.64. The van der Waals surface area contributed by atoms with Crippen LogP contribution in [0.25, 0.3) is 0 Å². The molecule has 26 heavy (non-hydrogen) atoms. The van der Waals surface area contributed by atoms with Crippen molar-refractivity contribution in [1.82, 2.24) is 14.9 Å². The molecule has 0 aliphatic carbocycles. The lowest BCUT2D eigenvalue weighted by Gasteiger charge is -2.40. The van der Waals surface area contributed by atoms with Crippen LogP contribution in [0.15, 0.2) is 42.7 Å². The van der Waals surface area contributed by atoms with E-state index in [-0.39, 0.29) is 18.4 Å². The number of aromatic nitrogens is 2. The van der Waals surface area contributed by atoms with Gasteiger partial charge in [-0.2, -0.15) is 0 Å². The van der Waals surface area contributed by atoms with Gasteiger partial charge in [-0.3, -0.25) is 14.6 Å². The second kappa shape index (κ2) is 6.49. The summed E-state index contributed by atoms with van der Waals surface area (Å²) in [5.41, 5.74) is 1.43. The number of benzene rings is 1. The van der Waals surface area contributed by atoms with Gasteiger partial charge < -0.3 is 14.5 Å². The van der Waals surface area contributed by atoms with Gasteiger partial charge in [0.2, 0.25) is 0 Å². The predicted octanol–water partition coefficient (Wildman–Crippen LogP) is 1.43. The monoisotopic (exact) mass is 352 g/mol. The first-order chi connectivity index (χ1) is 12.6. The summed E-state index contributed by atoms with van der Waals surface area (Å²) in [7, 11) is 0. The molecule has 0 bridgehead atoms. The minimum Gasteiger partial charge on any atom is -0.361 e. The van der Waals surface area contributed by atoms with Crippen LogP contribution < -0.4 is 4.90 Å². The number of carbonyl (C=O) groups excluding carboxylic acids is 2. The summed E-state index contributed by atoms with van der Waals surface area (Å²) in [5.74, 6) is -0.211. The lowest BCUT2D eigenvalue weighted by molar-refractivity contribution is -0.137. The fourth-order valence-electron chi connectivity index (χ4n) is 3.49. The number of hydrogen-bond donors (Lipinski definition) is 0. The Hall–Kier alpha value is -2.80. The predicted molar refractivity (Wildman–Crippen MR) is 94.8 cm³/mol. The number of ether oxygens (including phenoxy) is 1. The maximum atomic E-state index is 12.7. The van der Waals surface area contributed by atoms with Gasteiger partial charge in [0.15, 0.2) is 0 Å². The number of nitrogens with zero attached hydrogens (tertiary/aromatic N) is 4.